The molecule has 1 saturated carbocycles. The van der Waals surface area contributed by atoms with Crippen LogP contribution in [0.25, 0.3) is 0 Å². The first-order valence-corrected chi connectivity index (χ1v) is 8.39. The zero-order valence-corrected chi connectivity index (χ0v) is 13.7. The van der Waals surface area contributed by atoms with Crippen LogP contribution in [0.15, 0.2) is 12.2 Å². The fraction of sp³-hybridized carbons (Fsp3) is 0.789. The van der Waals surface area contributed by atoms with Gasteiger partial charge in [0, 0.05) is 18.5 Å². The van der Waals surface area contributed by atoms with Gasteiger partial charge < -0.3 is 0 Å². The molecule has 2 aliphatic rings. The lowest BCUT2D eigenvalue weighted by molar-refractivity contribution is 0.153. The third-order valence-corrected chi connectivity index (χ3v) is 5.46. The van der Waals surface area contributed by atoms with Crippen molar-refractivity contribution in [3.8, 4) is 11.8 Å². The summed E-state index contributed by atoms with van der Waals surface area (Å²) in [6, 6.07) is 0.823. The number of likely N-dealkylation sites (tertiary alicyclic amines) is 1. The Bertz CT molecular complexity index is 392. The van der Waals surface area contributed by atoms with E-state index >= 15 is 0 Å². The summed E-state index contributed by atoms with van der Waals surface area (Å²) in [6.07, 6.45) is 9.20. The third-order valence-electron chi connectivity index (χ3n) is 5.46. The van der Waals surface area contributed by atoms with Crippen molar-refractivity contribution < 1.29 is 0 Å². The summed E-state index contributed by atoms with van der Waals surface area (Å²) in [6.45, 7) is 13.3. The van der Waals surface area contributed by atoms with Gasteiger partial charge in [0.1, 0.15) is 0 Å². The van der Waals surface area contributed by atoms with Crippen LogP contribution in [-0.4, -0.2) is 24.0 Å². The predicted octanol–water partition coefficient (Wildman–Crippen LogP) is 4.64. The van der Waals surface area contributed by atoms with E-state index in [9.17, 15) is 0 Å². The smallest absolute Gasteiger partial charge is 0.0203 e. The molecule has 0 aromatic rings. The molecule has 2 fully saturated rings. The van der Waals surface area contributed by atoms with Gasteiger partial charge in [0.2, 0.25) is 0 Å². The van der Waals surface area contributed by atoms with E-state index in [1.165, 1.54) is 63.6 Å². The molecule has 1 unspecified atom stereocenters. The first kappa shape index (κ1) is 15.6. The van der Waals surface area contributed by atoms with Crippen LogP contribution in [0.5, 0.6) is 0 Å². The molecule has 1 heterocycles. The van der Waals surface area contributed by atoms with E-state index in [4.69, 9.17) is 0 Å². The zero-order valence-electron chi connectivity index (χ0n) is 13.7. The molecule has 0 amide bonds. The Morgan fingerprint density at radius 2 is 2.00 bits per heavy atom. The van der Waals surface area contributed by atoms with E-state index in [0.717, 1.165) is 6.04 Å². The van der Waals surface area contributed by atoms with Gasteiger partial charge in [0.05, 0.1) is 0 Å². The molecular formula is C19H31N. The van der Waals surface area contributed by atoms with Crippen molar-refractivity contribution in [1.29, 1.82) is 0 Å². The van der Waals surface area contributed by atoms with Crippen LogP contribution in [0, 0.1) is 23.2 Å². The van der Waals surface area contributed by atoms with Crippen LogP contribution in [-0.2, 0) is 0 Å². The van der Waals surface area contributed by atoms with Gasteiger partial charge in [-0.15, -0.1) is 18.4 Å². The second kappa shape index (κ2) is 6.81. The highest BCUT2D eigenvalue weighted by atomic mass is 15.2. The van der Waals surface area contributed by atoms with Crippen LogP contribution in [0.4, 0.5) is 0 Å². The molecule has 0 aromatic carbocycles. The highest BCUT2D eigenvalue weighted by Crippen LogP contribution is 2.42. The minimum Gasteiger partial charge on any atom is -0.300 e. The molecule has 0 aromatic heterocycles. The minimum absolute atomic E-state index is 0.520. The van der Waals surface area contributed by atoms with Gasteiger partial charge in [0.15, 0.2) is 0 Å². The van der Waals surface area contributed by atoms with Crippen LogP contribution < -0.4 is 0 Å². The van der Waals surface area contributed by atoms with Gasteiger partial charge >= 0.3 is 0 Å². The van der Waals surface area contributed by atoms with Crippen molar-refractivity contribution in [3.63, 3.8) is 0 Å². The monoisotopic (exact) mass is 273 g/mol. The maximum Gasteiger partial charge on any atom is 0.0203 e. The highest BCUT2D eigenvalue weighted by Gasteiger charge is 2.39. The minimum atomic E-state index is 0.520. The second-order valence-electron chi connectivity index (χ2n) is 7.11. The van der Waals surface area contributed by atoms with Crippen LogP contribution in [0.3, 0.4) is 0 Å². The van der Waals surface area contributed by atoms with E-state index in [1.807, 2.05) is 6.92 Å². The summed E-state index contributed by atoms with van der Waals surface area (Å²) in [5.41, 5.74) is 1.88. The Kier molecular flexibility index (Phi) is 5.33. The Balaban J connectivity index is 1.89. The highest BCUT2D eigenvalue weighted by molar-refractivity contribution is 5.05. The fourth-order valence-electron chi connectivity index (χ4n) is 4.27. The van der Waals surface area contributed by atoms with Crippen LogP contribution in [0.2, 0.25) is 0 Å². The van der Waals surface area contributed by atoms with Crippen LogP contribution in [0.1, 0.15) is 65.7 Å². The van der Waals surface area contributed by atoms with Crippen LogP contribution >= 0.6 is 0 Å². The molecule has 0 spiro atoms. The summed E-state index contributed by atoms with van der Waals surface area (Å²) in [7, 11) is 0. The van der Waals surface area contributed by atoms with Crippen molar-refractivity contribution in [2.24, 2.45) is 11.3 Å². The van der Waals surface area contributed by atoms with Crippen molar-refractivity contribution in [2.45, 2.75) is 71.8 Å². The van der Waals surface area contributed by atoms with Crippen molar-refractivity contribution in [3.05, 3.63) is 12.2 Å². The molecule has 1 aliphatic heterocycles. The maximum atomic E-state index is 4.15. The zero-order chi connectivity index (χ0) is 14.6. The molecule has 2 rings (SSSR count). The topological polar surface area (TPSA) is 3.24 Å². The Morgan fingerprint density at radius 3 is 2.55 bits per heavy atom. The number of hydrogen-bond donors (Lipinski definition) is 0. The summed E-state index contributed by atoms with van der Waals surface area (Å²) < 4.78 is 0. The normalized spacial score (nSPS) is 34.5. The number of nitrogens with zero attached hydrogens (tertiary/aromatic N) is 1. The van der Waals surface area contributed by atoms with Crippen molar-refractivity contribution >= 4 is 0 Å². The molecule has 0 radical (unpaired) electrons. The molecule has 1 aliphatic carbocycles. The van der Waals surface area contributed by atoms with E-state index in [-0.39, 0.29) is 0 Å². The van der Waals surface area contributed by atoms with Crippen molar-refractivity contribution in [1.82, 2.24) is 4.90 Å². The van der Waals surface area contributed by atoms with Gasteiger partial charge in [-0.2, -0.15) is 0 Å². The summed E-state index contributed by atoms with van der Waals surface area (Å²) in [4.78, 5) is 2.78. The first-order valence-electron chi connectivity index (χ1n) is 8.39. The summed E-state index contributed by atoms with van der Waals surface area (Å²) >= 11 is 0. The molecule has 0 bridgehead atoms. The summed E-state index contributed by atoms with van der Waals surface area (Å²) in [5, 5.41) is 0. The van der Waals surface area contributed by atoms with Gasteiger partial charge in [0.25, 0.3) is 0 Å². The average Bonchev–Trinajstić information content (AvgIpc) is 2.84. The van der Waals surface area contributed by atoms with Gasteiger partial charge in [-0.25, -0.2) is 0 Å². The maximum absolute atomic E-state index is 4.15. The molecule has 1 nitrogen and oxygen atoms in total. The Morgan fingerprint density at radius 1 is 1.30 bits per heavy atom. The standard InChI is InChI=1S/C19H31N/c1-5-7-17-8-10-18(11-9-17)20-13-12-19(6-2,15-20)14-16(3)4/h17-18H,3,6,8-15H2,1-2,4H3. The largest absolute Gasteiger partial charge is 0.300 e. The fourth-order valence-corrected chi connectivity index (χ4v) is 4.27. The molecule has 1 heteroatoms. The summed E-state index contributed by atoms with van der Waals surface area (Å²) in [5.74, 6) is 7.13. The quantitative estimate of drug-likeness (QED) is 0.533. The molecule has 1 saturated heterocycles. The first-order chi connectivity index (χ1) is 9.58. The molecular weight excluding hydrogens is 242 g/mol. The number of allylic oxidation sites excluding steroid dienone is 1. The molecule has 112 valence electrons. The lowest BCUT2D eigenvalue weighted by Crippen LogP contribution is -2.38. The number of hydrogen-bond acceptors (Lipinski definition) is 1. The molecule has 0 N–H and O–H groups in total. The predicted molar refractivity (Wildman–Crippen MR) is 87.5 cm³/mol. The van der Waals surface area contributed by atoms with E-state index in [0.29, 0.717) is 11.3 Å². The third kappa shape index (κ3) is 3.67. The van der Waals surface area contributed by atoms with Gasteiger partial charge in [-0.1, -0.05) is 12.5 Å². The average molecular weight is 273 g/mol. The second-order valence-corrected chi connectivity index (χ2v) is 7.11. The van der Waals surface area contributed by atoms with E-state index in [2.05, 4.69) is 37.2 Å². The molecule has 1 atom stereocenters. The molecule has 20 heavy (non-hydrogen) atoms. The number of rotatable bonds is 4. The van der Waals surface area contributed by atoms with E-state index < -0.39 is 0 Å². The van der Waals surface area contributed by atoms with Crippen molar-refractivity contribution in [2.75, 3.05) is 13.1 Å². The Hall–Kier alpha value is -0.740. The Labute approximate surface area is 125 Å². The van der Waals surface area contributed by atoms with E-state index in [1.54, 1.807) is 0 Å². The SMILES string of the molecule is C=C(C)CC1(CC)CCN(C2CCC(C#CC)CC2)C1. The van der Waals surface area contributed by atoms with Gasteiger partial charge in [-0.3, -0.25) is 4.90 Å². The lowest BCUT2D eigenvalue weighted by Gasteiger charge is -2.35. The van der Waals surface area contributed by atoms with Gasteiger partial charge in [-0.05, 0) is 70.8 Å². The lowest BCUT2D eigenvalue weighted by atomic mass is 9.79.